The van der Waals surface area contributed by atoms with Crippen LogP contribution >= 0.6 is 0 Å². The van der Waals surface area contributed by atoms with E-state index >= 15 is 0 Å². The summed E-state index contributed by atoms with van der Waals surface area (Å²) in [4.78, 5) is 0. The Labute approximate surface area is 96.3 Å². The number of hydrogen-bond donors (Lipinski definition) is 1. The van der Waals surface area contributed by atoms with Crippen LogP contribution in [0.5, 0.6) is 0 Å². The van der Waals surface area contributed by atoms with Gasteiger partial charge in [0, 0.05) is 0 Å². The fourth-order valence-electron chi connectivity index (χ4n) is 2.03. The summed E-state index contributed by atoms with van der Waals surface area (Å²) >= 11 is 0. The summed E-state index contributed by atoms with van der Waals surface area (Å²) in [5.74, 6) is 0.552. The Balaban J connectivity index is 2.48. The lowest BCUT2D eigenvalue weighted by molar-refractivity contribution is 0.188. The molecule has 0 fully saturated rings. The van der Waals surface area contributed by atoms with E-state index < -0.39 is 6.10 Å². The maximum absolute atomic E-state index is 10.2. The third kappa shape index (κ3) is 1.91. The highest BCUT2D eigenvalue weighted by Crippen LogP contribution is 2.27. The van der Waals surface area contributed by atoms with Crippen LogP contribution in [-0.4, -0.2) is 13.0 Å². The molecule has 0 aliphatic heterocycles. The van der Waals surface area contributed by atoms with Gasteiger partial charge in [-0.2, -0.15) is 0 Å². The number of benzene rings is 1. The molecule has 3 heteroatoms. The van der Waals surface area contributed by atoms with E-state index in [0.717, 1.165) is 16.7 Å². The highest BCUT2D eigenvalue weighted by atomic mass is 16.4. The molecular formula is C13H13BO2. The van der Waals surface area contributed by atoms with E-state index in [0.29, 0.717) is 11.2 Å². The van der Waals surface area contributed by atoms with Gasteiger partial charge in [0.05, 0.1) is 6.26 Å². The van der Waals surface area contributed by atoms with Gasteiger partial charge in [0.15, 0.2) is 0 Å². The molecule has 16 heavy (non-hydrogen) atoms. The van der Waals surface area contributed by atoms with Crippen molar-refractivity contribution < 1.29 is 9.52 Å². The van der Waals surface area contributed by atoms with Crippen molar-refractivity contribution in [2.75, 3.05) is 0 Å². The van der Waals surface area contributed by atoms with Gasteiger partial charge >= 0.3 is 0 Å². The number of rotatable bonds is 2. The van der Waals surface area contributed by atoms with E-state index in [2.05, 4.69) is 0 Å². The molecule has 0 spiro atoms. The predicted octanol–water partition coefficient (Wildman–Crippen LogP) is 1.77. The van der Waals surface area contributed by atoms with E-state index in [4.69, 9.17) is 12.3 Å². The maximum Gasteiger partial charge on any atom is 0.137 e. The first-order chi connectivity index (χ1) is 7.59. The zero-order valence-corrected chi connectivity index (χ0v) is 9.40. The molecule has 1 aromatic carbocycles. The average Bonchev–Trinajstić information content (AvgIpc) is 2.67. The molecule has 0 saturated heterocycles. The molecule has 80 valence electrons. The Bertz CT molecular complexity index is 466. The van der Waals surface area contributed by atoms with Crippen molar-refractivity contribution >= 4 is 13.3 Å². The van der Waals surface area contributed by atoms with Gasteiger partial charge in [0.2, 0.25) is 0 Å². The molecule has 1 atom stereocenters. The fraction of sp³-hybridized carbons (Fsp3) is 0.231. The van der Waals surface area contributed by atoms with Crippen molar-refractivity contribution in [3.8, 4) is 0 Å². The molecule has 0 amide bonds. The zero-order valence-electron chi connectivity index (χ0n) is 9.40. The minimum atomic E-state index is -0.726. The highest BCUT2D eigenvalue weighted by molar-refractivity contribution is 6.32. The zero-order chi connectivity index (χ0) is 11.7. The monoisotopic (exact) mass is 212 g/mol. The van der Waals surface area contributed by atoms with E-state index in [1.165, 1.54) is 0 Å². The summed E-state index contributed by atoms with van der Waals surface area (Å²) in [5.41, 5.74) is 3.53. The van der Waals surface area contributed by atoms with Crippen molar-refractivity contribution in [1.82, 2.24) is 0 Å². The van der Waals surface area contributed by atoms with Gasteiger partial charge in [0.1, 0.15) is 19.7 Å². The number of furan rings is 1. The average molecular weight is 212 g/mol. The predicted molar refractivity (Wildman–Crippen MR) is 64.1 cm³/mol. The normalized spacial score (nSPS) is 12.7. The van der Waals surface area contributed by atoms with Gasteiger partial charge in [-0.05, 0) is 42.7 Å². The van der Waals surface area contributed by atoms with Crippen LogP contribution in [0.2, 0.25) is 0 Å². The topological polar surface area (TPSA) is 33.4 Å². The minimum absolute atomic E-state index is 0.552. The first-order valence-electron chi connectivity index (χ1n) is 5.17. The summed E-state index contributed by atoms with van der Waals surface area (Å²) in [5, 5.41) is 10.2. The number of aliphatic hydroxyl groups excluding tert-OH is 1. The van der Waals surface area contributed by atoms with Crippen molar-refractivity contribution in [3.05, 3.63) is 53.0 Å². The van der Waals surface area contributed by atoms with Crippen LogP contribution < -0.4 is 5.46 Å². The van der Waals surface area contributed by atoms with E-state index in [9.17, 15) is 5.11 Å². The number of aryl methyl sites for hydroxylation is 2. The summed E-state index contributed by atoms with van der Waals surface area (Å²) in [6, 6.07) is 7.24. The third-order valence-corrected chi connectivity index (χ3v) is 2.70. The van der Waals surface area contributed by atoms with E-state index in [1.807, 2.05) is 26.0 Å². The van der Waals surface area contributed by atoms with Gasteiger partial charge in [-0.3, -0.25) is 0 Å². The highest BCUT2D eigenvalue weighted by Gasteiger charge is 2.17. The standard InChI is InChI=1S/C13H13BO2/c1-8-6-10(14)7-9(2)12(8)13(15)11-4-3-5-16-11/h3-7,13,15H,1-2H3. The Morgan fingerprint density at radius 3 is 2.38 bits per heavy atom. The second kappa shape index (κ2) is 4.18. The van der Waals surface area contributed by atoms with Crippen LogP contribution in [0.3, 0.4) is 0 Å². The first-order valence-corrected chi connectivity index (χ1v) is 5.17. The maximum atomic E-state index is 10.2. The third-order valence-electron chi connectivity index (χ3n) is 2.70. The minimum Gasteiger partial charge on any atom is -0.466 e. The van der Waals surface area contributed by atoms with Crippen molar-refractivity contribution in [1.29, 1.82) is 0 Å². The smallest absolute Gasteiger partial charge is 0.137 e. The van der Waals surface area contributed by atoms with Crippen LogP contribution in [0.4, 0.5) is 0 Å². The van der Waals surface area contributed by atoms with Gasteiger partial charge < -0.3 is 9.52 Å². The molecule has 1 heterocycles. The van der Waals surface area contributed by atoms with Gasteiger partial charge in [-0.25, -0.2) is 0 Å². The number of aliphatic hydroxyl groups is 1. The molecule has 1 N–H and O–H groups in total. The molecule has 0 aliphatic rings. The summed E-state index contributed by atoms with van der Waals surface area (Å²) in [6.45, 7) is 3.87. The van der Waals surface area contributed by atoms with E-state index in [-0.39, 0.29) is 0 Å². The van der Waals surface area contributed by atoms with Crippen LogP contribution in [-0.2, 0) is 0 Å². The molecule has 2 rings (SSSR count). The summed E-state index contributed by atoms with van der Waals surface area (Å²) < 4.78 is 5.21. The largest absolute Gasteiger partial charge is 0.466 e. The molecule has 2 radical (unpaired) electrons. The summed E-state index contributed by atoms with van der Waals surface area (Å²) in [6.07, 6.45) is 0.830. The lowest BCUT2D eigenvalue weighted by atomic mass is 9.87. The van der Waals surface area contributed by atoms with E-state index in [1.54, 1.807) is 18.4 Å². The molecule has 2 nitrogen and oxygen atoms in total. The Kier molecular flexibility index (Phi) is 2.88. The quantitative estimate of drug-likeness (QED) is 0.769. The lowest BCUT2D eigenvalue weighted by Crippen LogP contribution is -2.10. The molecule has 2 aromatic rings. The lowest BCUT2D eigenvalue weighted by Gasteiger charge is -2.15. The molecule has 1 unspecified atom stereocenters. The first kappa shape index (κ1) is 11.0. The Hall–Kier alpha value is -1.48. The van der Waals surface area contributed by atoms with Crippen LogP contribution in [0, 0.1) is 13.8 Å². The molecule has 0 saturated carbocycles. The van der Waals surface area contributed by atoms with Gasteiger partial charge in [-0.1, -0.05) is 17.6 Å². The number of hydrogen-bond acceptors (Lipinski definition) is 2. The molecule has 0 bridgehead atoms. The second-order valence-corrected chi connectivity index (χ2v) is 3.99. The molecule has 0 aliphatic carbocycles. The Morgan fingerprint density at radius 2 is 1.88 bits per heavy atom. The van der Waals surface area contributed by atoms with Crippen LogP contribution in [0.25, 0.3) is 0 Å². The van der Waals surface area contributed by atoms with Crippen LogP contribution in [0.15, 0.2) is 34.9 Å². The molecular weight excluding hydrogens is 199 g/mol. The van der Waals surface area contributed by atoms with Crippen LogP contribution in [0.1, 0.15) is 28.6 Å². The summed E-state index contributed by atoms with van der Waals surface area (Å²) in [7, 11) is 5.74. The SMILES string of the molecule is [B]c1cc(C)c(C(O)c2ccco2)c(C)c1. The Morgan fingerprint density at radius 1 is 1.25 bits per heavy atom. The fourth-order valence-corrected chi connectivity index (χ4v) is 2.03. The van der Waals surface area contributed by atoms with Crippen molar-refractivity contribution in [3.63, 3.8) is 0 Å². The van der Waals surface area contributed by atoms with Crippen molar-refractivity contribution in [2.45, 2.75) is 20.0 Å². The van der Waals surface area contributed by atoms with Gasteiger partial charge in [-0.15, -0.1) is 0 Å². The second-order valence-electron chi connectivity index (χ2n) is 3.99. The van der Waals surface area contributed by atoms with Gasteiger partial charge in [0.25, 0.3) is 0 Å². The molecule has 1 aromatic heterocycles. The van der Waals surface area contributed by atoms with Crippen molar-refractivity contribution in [2.24, 2.45) is 0 Å².